The summed E-state index contributed by atoms with van der Waals surface area (Å²) in [4.78, 5) is 38.1. The zero-order valence-electron chi connectivity index (χ0n) is 47.2. The van der Waals surface area contributed by atoms with E-state index >= 15 is 0 Å². The van der Waals surface area contributed by atoms with E-state index in [0.29, 0.717) is 19.3 Å². The predicted molar refractivity (Wildman–Crippen MR) is 307 cm³/mol. The lowest BCUT2D eigenvalue weighted by molar-refractivity contribution is -0.167. The summed E-state index contributed by atoms with van der Waals surface area (Å²) >= 11 is 0. The predicted octanol–water partition coefficient (Wildman–Crippen LogP) is 20.8. The molecular formula is C65H116O6. The van der Waals surface area contributed by atoms with E-state index in [2.05, 4.69) is 81.5 Å². The largest absolute Gasteiger partial charge is 0.462 e. The molecule has 0 saturated heterocycles. The summed E-state index contributed by atoms with van der Waals surface area (Å²) in [5.41, 5.74) is 0. The molecule has 0 aromatic rings. The van der Waals surface area contributed by atoms with E-state index in [-0.39, 0.29) is 31.1 Å². The van der Waals surface area contributed by atoms with Gasteiger partial charge in [-0.05, 0) is 89.9 Å². The van der Waals surface area contributed by atoms with Crippen molar-refractivity contribution >= 4 is 17.9 Å². The Morgan fingerprint density at radius 2 is 0.507 bits per heavy atom. The Bertz CT molecular complexity index is 1280. The molecule has 0 fully saturated rings. The highest BCUT2D eigenvalue weighted by Gasteiger charge is 2.19. The molecule has 0 aliphatic rings. The summed E-state index contributed by atoms with van der Waals surface area (Å²) in [6, 6.07) is 0. The summed E-state index contributed by atoms with van der Waals surface area (Å²) in [6.07, 6.45) is 75.1. The van der Waals surface area contributed by atoms with Crippen LogP contribution in [0.5, 0.6) is 0 Å². The molecule has 1 atom stereocenters. The van der Waals surface area contributed by atoms with Gasteiger partial charge in [0.15, 0.2) is 6.10 Å². The molecule has 0 aromatic carbocycles. The van der Waals surface area contributed by atoms with Gasteiger partial charge in [-0.25, -0.2) is 0 Å². The molecule has 6 nitrogen and oxygen atoms in total. The van der Waals surface area contributed by atoms with Crippen molar-refractivity contribution in [1.82, 2.24) is 0 Å². The van der Waals surface area contributed by atoms with Gasteiger partial charge in [0, 0.05) is 19.3 Å². The van der Waals surface area contributed by atoms with E-state index in [4.69, 9.17) is 14.2 Å². The minimum atomic E-state index is -0.778. The Balaban J connectivity index is 4.25. The first kappa shape index (κ1) is 68.1. The fourth-order valence-electron chi connectivity index (χ4n) is 8.83. The van der Waals surface area contributed by atoms with Gasteiger partial charge in [0.1, 0.15) is 13.2 Å². The van der Waals surface area contributed by atoms with Crippen molar-refractivity contribution in [3.8, 4) is 0 Å². The molecule has 0 spiro atoms. The number of allylic oxidation sites excluding steroid dienone is 10. The van der Waals surface area contributed by atoms with Crippen molar-refractivity contribution in [3.63, 3.8) is 0 Å². The number of hydrogen-bond donors (Lipinski definition) is 0. The average Bonchev–Trinajstić information content (AvgIpc) is 3.37. The van der Waals surface area contributed by atoms with Crippen molar-refractivity contribution in [2.45, 2.75) is 322 Å². The van der Waals surface area contributed by atoms with Gasteiger partial charge < -0.3 is 14.2 Å². The molecular weight excluding hydrogens is 877 g/mol. The van der Waals surface area contributed by atoms with Gasteiger partial charge in [-0.3, -0.25) is 14.4 Å². The molecule has 6 heteroatoms. The lowest BCUT2D eigenvalue weighted by Gasteiger charge is -2.18. The fraction of sp³-hybridized carbons (Fsp3) is 0.800. The second kappa shape index (κ2) is 59.7. The number of esters is 3. The van der Waals surface area contributed by atoms with Gasteiger partial charge in [-0.2, -0.15) is 0 Å². The molecule has 0 radical (unpaired) electrons. The van der Waals surface area contributed by atoms with Gasteiger partial charge >= 0.3 is 17.9 Å². The SMILES string of the molecule is CCCCCCC/C=C\C/C=C\C/C=C\CCCCCCCCCCC(=O)OCC(COC(=O)CCCCCCCCCCC)OC(=O)CCCCCCCCCCC/C=C\C/C=C\CCCCCCC. The highest BCUT2D eigenvalue weighted by molar-refractivity contribution is 5.71. The van der Waals surface area contributed by atoms with Crippen LogP contribution in [0.3, 0.4) is 0 Å². The Morgan fingerprint density at radius 3 is 0.789 bits per heavy atom. The number of carbonyl (C=O) groups is 3. The van der Waals surface area contributed by atoms with Crippen molar-refractivity contribution in [2.75, 3.05) is 13.2 Å². The van der Waals surface area contributed by atoms with Gasteiger partial charge in [-0.15, -0.1) is 0 Å². The number of hydrogen-bond acceptors (Lipinski definition) is 6. The van der Waals surface area contributed by atoms with Crippen molar-refractivity contribution in [2.24, 2.45) is 0 Å². The smallest absolute Gasteiger partial charge is 0.306 e. The molecule has 0 heterocycles. The lowest BCUT2D eigenvalue weighted by atomic mass is 10.1. The third-order valence-electron chi connectivity index (χ3n) is 13.5. The molecule has 0 aliphatic carbocycles. The van der Waals surface area contributed by atoms with Crippen LogP contribution in [-0.4, -0.2) is 37.2 Å². The van der Waals surface area contributed by atoms with E-state index < -0.39 is 6.10 Å². The molecule has 0 rings (SSSR count). The van der Waals surface area contributed by atoms with E-state index in [1.54, 1.807) is 0 Å². The third-order valence-corrected chi connectivity index (χ3v) is 13.5. The molecule has 0 amide bonds. The lowest BCUT2D eigenvalue weighted by Crippen LogP contribution is -2.30. The number of unbranched alkanes of at least 4 members (excludes halogenated alkanes) is 35. The molecule has 412 valence electrons. The number of rotatable bonds is 56. The molecule has 0 saturated carbocycles. The highest BCUT2D eigenvalue weighted by Crippen LogP contribution is 2.16. The zero-order chi connectivity index (χ0) is 51.4. The molecule has 0 N–H and O–H groups in total. The van der Waals surface area contributed by atoms with Crippen LogP contribution in [0, 0.1) is 0 Å². The molecule has 71 heavy (non-hydrogen) atoms. The monoisotopic (exact) mass is 993 g/mol. The van der Waals surface area contributed by atoms with E-state index in [1.165, 1.54) is 193 Å². The van der Waals surface area contributed by atoms with Crippen LogP contribution >= 0.6 is 0 Å². The summed E-state index contributed by atoms with van der Waals surface area (Å²) in [5, 5.41) is 0. The Kier molecular flexibility index (Phi) is 57.2. The highest BCUT2D eigenvalue weighted by atomic mass is 16.6. The zero-order valence-corrected chi connectivity index (χ0v) is 47.2. The van der Waals surface area contributed by atoms with Gasteiger partial charge in [-0.1, -0.05) is 268 Å². The third kappa shape index (κ3) is 57.9. The maximum absolute atomic E-state index is 12.9. The Morgan fingerprint density at radius 1 is 0.282 bits per heavy atom. The minimum Gasteiger partial charge on any atom is -0.462 e. The first-order valence-corrected chi connectivity index (χ1v) is 30.8. The molecule has 1 unspecified atom stereocenters. The second-order valence-corrected chi connectivity index (χ2v) is 20.6. The molecule has 0 bridgehead atoms. The maximum Gasteiger partial charge on any atom is 0.306 e. The van der Waals surface area contributed by atoms with E-state index in [9.17, 15) is 14.4 Å². The first-order valence-electron chi connectivity index (χ1n) is 30.8. The van der Waals surface area contributed by atoms with Crippen molar-refractivity contribution in [1.29, 1.82) is 0 Å². The van der Waals surface area contributed by atoms with Crippen LogP contribution < -0.4 is 0 Å². The minimum absolute atomic E-state index is 0.0761. The standard InChI is InChI=1S/C65H116O6/c1-4-7-10-13-16-19-21-23-25-27-29-31-32-34-35-37-39-41-43-46-49-52-55-58-64(67)70-61-62(60-69-63(66)57-54-51-48-45-18-15-12-9-6-3)71-65(68)59-56-53-50-47-44-42-40-38-36-33-30-28-26-24-22-20-17-14-11-8-5-2/h21-24,27-30,32,34,62H,4-20,25-26,31,33,35-61H2,1-3H3/b23-21-,24-22-,29-27-,30-28-,34-32-. The molecule has 0 aliphatic heterocycles. The quantitative estimate of drug-likeness (QED) is 0.0261. The summed E-state index contributed by atoms with van der Waals surface area (Å²) < 4.78 is 16.9. The van der Waals surface area contributed by atoms with E-state index in [0.717, 1.165) is 83.5 Å². The van der Waals surface area contributed by atoms with Crippen molar-refractivity contribution in [3.05, 3.63) is 60.8 Å². The van der Waals surface area contributed by atoms with E-state index in [1.807, 2.05) is 0 Å². The Hall–Kier alpha value is -2.89. The summed E-state index contributed by atoms with van der Waals surface area (Å²) in [7, 11) is 0. The van der Waals surface area contributed by atoms with Crippen LogP contribution in [0.2, 0.25) is 0 Å². The molecule has 0 aromatic heterocycles. The van der Waals surface area contributed by atoms with Crippen LogP contribution in [0.1, 0.15) is 316 Å². The van der Waals surface area contributed by atoms with Crippen LogP contribution in [0.15, 0.2) is 60.8 Å². The maximum atomic E-state index is 12.9. The topological polar surface area (TPSA) is 78.9 Å². The van der Waals surface area contributed by atoms with Gasteiger partial charge in [0.2, 0.25) is 0 Å². The normalized spacial score (nSPS) is 12.4. The van der Waals surface area contributed by atoms with Gasteiger partial charge in [0.25, 0.3) is 0 Å². The van der Waals surface area contributed by atoms with Gasteiger partial charge in [0.05, 0.1) is 0 Å². The van der Waals surface area contributed by atoms with Crippen LogP contribution in [0.25, 0.3) is 0 Å². The summed E-state index contributed by atoms with van der Waals surface area (Å²) in [5.74, 6) is -0.877. The van der Waals surface area contributed by atoms with Crippen LogP contribution in [-0.2, 0) is 28.6 Å². The summed E-state index contributed by atoms with van der Waals surface area (Å²) in [6.45, 7) is 6.62. The van der Waals surface area contributed by atoms with Crippen molar-refractivity contribution < 1.29 is 28.6 Å². The Labute approximate surface area is 440 Å². The first-order chi connectivity index (χ1) is 35.0. The number of carbonyl (C=O) groups excluding carboxylic acids is 3. The number of ether oxygens (including phenoxy) is 3. The second-order valence-electron chi connectivity index (χ2n) is 20.6. The van der Waals surface area contributed by atoms with Crippen LogP contribution in [0.4, 0.5) is 0 Å². The fourth-order valence-corrected chi connectivity index (χ4v) is 8.83. The average molecular weight is 994 g/mol.